The van der Waals surface area contributed by atoms with Crippen molar-refractivity contribution < 1.29 is 9.53 Å². The number of hydrogen-bond donors (Lipinski definition) is 2. The van der Waals surface area contributed by atoms with E-state index in [1.165, 1.54) is 18.4 Å². The summed E-state index contributed by atoms with van der Waals surface area (Å²) in [5.74, 6) is 0.592. The second-order valence-electron chi connectivity index (χ2n) is 7.78. The van der Waals surface area contributed by atoms with E-state index in [0.717, 1.165) is 12.2 Å². The summed E-state index contributed by atoms with van der Waals surface area (Å²) >= 11 is 0. The molecule has 1 fully saturated rings. The van der Waals surface area contributed by atoms with Crippen LogP contribution in [0.2, 0.25) is 0 Å². The molecule has 1 aliphatic rings. The lowest BCUT2D eigenvalue weighted by molar-refractivity contribution is 0.0507. The highest BCUT2D eigenvalue weighted by Crippen LogP contribution is 2.39. The third-order valence-electron chi connectivity index (χ3n) is 4.50. The van der Waals surface area contributed by atoms with Crippen molar-refractivity contribution in [3.63, 3.8) is 0 Å². The minimum absolute atomic E-state index is 0.126. The van der Waals surface area contributed by atoms with Crippen LogP contribution < -0.4 is 10.6 Å². The lowest BCUT2D eigenvalue weighted by atomic mass is 9.95. The average Bonchev–Trinajstić information content (AvgIpc) is 3.23. The molecule has 1 aromatic rings. The molecule has 0 spiro atoms. The number of ether oxygens (including phenoxy) is 1. The first-order chi connectivity index (χ1) is 10.6. The van der Waals surface area contributed by atoms with Gasteiger partial charge in [0.15, 0.2) is 0 Å². The second-order valence-corrected chi connectivity index (χ2v) is 7.78. The third-order valence-corrected chi connectivity index (χ3v) is 4.50. The van der Waals surface area contributed by atoms with Crippen molar-refractivity contribution in [2.75, 3.05) is 6.54 Å². The number of amides is 1. The van der Waals surface area contributed by atoms with Gasteiger partial charge in [0.05, 0.1) is 6.20 Å². The second kappa shape index (κ2) is 6.51. The van der Waals surface area contributed by atoms with Crippen LogP contribution in [0.15, 0.2) is 6.20 Å². The van der Waals surface area contributed by atoms with Crippen LogP contribution in [0, 0.1) is 12.8 Å². The van der Waals surface area contributed by atoms with E-state index < -0.39 is 5.60 Å². The van der Waals surface area contributed by atoms with Gasteiger partial charge >= 0.3 is 6.09 Å². The standard InChI is InChI=1S/C17H30N4O2/c1-12-13(10-20-21(12)6)9-19-17(5,14-7-8-14)11-18-15(22)23-16(2,3)4/h10,14,19H,7-9,11H2,1-6H3,(H,18,22). The Bertz CT molecular complexity index is 557. The van der Waals surface area contributed by atoms with Gasteiger partial charge in [-0.3, -0.25) is 4.68 Å². The van der Waals surface area contributed by atoms with E-state index >= 15 is 0 Å². The largest absolute Gasteiger partial charge is 0.444 e. The number of nitrogens with one attached hydrogen (secondary N) is 2. The molecule has 1 atom stereocenters. The molecule has 0 radical (unpaired) electrons. The number of hydrogen-bond acceptors (Lipinski definition) is 4. The number of nitrogens with zero attached hydrogens (tertiary/aromatic N) is 2. The molecule has 2 rings (SSSR count). The normalized spacial score (nSPS) is 17.7. The number of rotatable bonds is 6. The zero-order chi connectivity index (χ0) is 17.3. The minimum Gasteiger partial charge on any atom is -0.444 e. The molecule has 130 valence electrons. The Morgan fingerprint density at radius 1 is 1.39 bits per heavy atom. The van der Waals surface area contributed by atoms with Gasteiger partial charge in [-0.15, -0.1) is 0 Å². The SMILES string of the molecule is Cc1c(CNC(C)(CNC(=O)OC(C)(C)C)C2CC2)cnn1C. The molecular formula is C17H30N4O2. The quantitative estimate of drug-likeness (QED) is 0.844. The monoisotopic (exact) mass is 322 g/mol. The van der Waals surface area contributed by atoms with Crippen molar-refractivity contribution in [2.45, 2.75) is 65.1 Å². The summed E-state index contributed by atoms with van der Waals surface area (Å²) in [5, 5.41) is 10.8. The maximum Gasteiger partial charge on any atom is 0.407 e. The first kappa shape index (κ1) is 17.8. The third kappa shape index (κ3) is 4.96. The van der Waals surface area contributed by atoms with Gasteiger partial charge in [0.2, 0.25) is 0 Å². The molecule has 23 heavy (non-hydrogen) atoms. The van der Waals surface area contributed by atoms with E-state index in [-0.39, 0.29) is 11.6 Å². The van der Waals surface area contributed by atoms with Gasteiger partial charge < -0.3 is 15.4 Å². The predicted molar refractivity (Wildman–Crippen MR) is 90.2 cm³/mol. The molecule has 0 bridgehead atoms. The van der Waals surface area contributed by atoms with Crippen LogP contribution >= 0.6 is 0 Å². The molecule has 2 N–H and O–H groups in total. The summed E-state index contributed by atoms with van der Waals surface area (Å²) in [5.41, 5.74) is 1.76. The molecular weight excluding hydrogens is 292 g/mol. The molecule has 1 saturated carbocycles. The number of alkyl carbamates (subject to hydrolysis) is 1. The van der Waals surface area contributed by atoms with Crippen LogP contribution in [0.5, 0.6) is 0 Å². The fourth-order valence-electron chi connectivity index (χ4n) is 2.66. The molecule has 1 unspecified atom stereocenters. The lowest BCUT2D eigenvalue weighted by Crippen LogP contribution is -2.53. The highest BCUT2D eigenvalue weighted by Gasteiger charge is 2.41. The van der Waals surface area contributed by atoms with E-state index in [2.05, 4.69) is 29.6 Å². The van der Waals surface area contributed by atoms with Crippen LogP contribution in [-0.4, -0.2) is 33.6 Å². The van der Waals surface area contributed by atoms with Crippen molar-refractivity contribution >= 4 is 6.09 Å². The van der Waals surface area contributed by atoms with E-state index in [4.69, 9.17) is 4.74 Å². The van der Waals surface area contributed by atoms with Crippen LogP contribution in [0.1, 0.15) is 51.8 Å². The van der Waals surface area contributed by atoms with Gasteiger partial charge in [-0.25, -0.2) is 4.79 Å². The fourth-order valence-corrected chi connectivity index (χ4v) is 2.66. The van der Waals surface area contributed by atoms with Crippen LogP contribution in [0.4, 0.5) is 4.79 Å². The van der Waals surface area contributed by atoms with Crippen LogP contribution in [-0.2, 0) is 18.3 Å². The highest BCUT2D eigenvalue weighted by atomic mass is 16.6. The van der Waals surface area contributed by atoms with Crippen molar-refractivity contribution in [1.82, 2.24) is 20.4 Å². The summed E-state index contributed by atoms with van der Waals surface area (Å²) in [6.45, 7) is 11.2. The molecule has 6 nitrogen and oxygen atoms in total. The molecule has 0 saturated heterocycles. The zero-order valence-corrected chi connectivity index (χ0v) is 15.2. The summed E-state index contributed by atoms with van der Waals surface area (Å²) in [6.07, 6.45) is 3.94. The minimum atomic E-state index is -0.472. The van der Waals surface area contributed by atoms with Crippen molar-refractivity contribution in [3.8, 4) is 0 Å². The Morgan fingerprint density at radius 2 is 2.04 bits per heavy atom. The topological polar surface area (TPSA) is 68.2 Å². The summed E-state index contributed by atoms with van der Waals surface area (Å²) < 4.78 is 7.21. The molecule has 1 aliphatic carbocycles. The Balaban J connectivity index is 1.91. The van der Waals surface area contributed by atoms with Gasteiger partial charge in [0.25, 0.3) is 0 Å². The molecule has 0 aliphatic heterocycles. The van der Waals surface area contributed by atoms with Gasteiger partial charge in [-0.2, -0.15) is 5.10 Å². The fraction of sp³-hybridized carbons (Fsp3) is 0.765. The number of aryl methyl sites for hydroxylation is 1. The van der Waals surface area contributed by atoms with E-state index in [1.54, 1.807) is 0 Å². The maximum atomic E-state index is 11.9. The van der Waals surface area contributed by atoms with Crippen LogP contribution in [0.3, 0.4) is 0 Å². The summed E-state index contributed by atoms with van der Waals surface area (Å²) in [6, 6.07) is 0. The van der Waals surface area contributed by atoms with Gasteiger partial charge in [0, 0.05) is 36.9 Å². The van der Waals surface area contributed by atoms with E-state index in [1.807, 2.05) is 38.7 Å². The maximum absolute atomic E-state index is 11.9. The van der Waals surface area contributed by atoms with Crippen molar-refractivity contribution in [2.24, 2.45) is 13.0 Å². The molecule has 0 aromatic carbocycles. The van der Waals surface area contributed by atoms with Gasteiger partial charge in [-0.1, -0.05) is 0 Å². The predicted octanol–water partition coefficient (Wildman–Crippen LogP) is 2.51. The Hall–Kier alpha value is -1.56. The van der Waals surface area contributed by atoms with Crippen molar-refractivity contribution in [3.05, 3.63) is 17.5 Å². The lowest BCUT2D eigenvalue weighted by Gasteiger charge is -2.32. The van der Waals surface area contributed by atoms with Gasteiger partial charge in [-0.05, 0) is 53.4 Å². The molecule has 6 heteroatoms. The number of carbonyl (C=O) groups excluding carboxylic acids is 1. The van der Waals surface area contributed by atoms with Crippen LogP contribution in [0.25, 0.3) is 0 Å². The molecule has 1 amide bonds. The van der Waals surface area contributed by atoms with Crippen molar-refractivity contribution in [1.29, 1.82) is 0 Å². The average molecular weight is 322 g/mol. The zero-order valence-electron chi connectivity index (χ0n) is 15.2. The summed E-state index contributed by atoms with van der Waals surface area (Å²) in [4.78, 5) is 11.9. The number of carbonyl (C=O) groups is 1. The van der Waals surface area contributed by atoms with Gasteiger partial charge in [0.1, 0.15) is 5.60 Å². The smallest absolute Gasteiger partial charge is 0.407 e. The summed E-state index contributed by atoms with van der Waals surface area (Å²) in [7, 11) is 1.95. The van der Waals surface area contributed by atoms with E-state index in [9.17, 15) is 4.79 Å². The number of aromatic nitrogens is 2. The first-order valence-corrected chi connectivity index (χ1v) is 8.30. The molecule has 1 aromatic heterocycles. The molecule has 1 heterocycles. The first-order valence-electron chi connectivity index (χ1n) is 8.30. The Morgan fingerprint density at radius 3 is 2.52 bits per heavy atom. The van der Waals surface area contributed by atoms with E-state index in [0.29, 0.717) is 12.5 Å². The Labute approximate surface area is 139 Å². The highest BCUT2D eigenvalue weighted by molar-refractivity contribution is 5.67. The Kier molecular flexibility index (Phi) is 5.04.